The fraction of sp³-hybridized carbons (Fsp3) is 0.200. The minimum atomic E-state index is -1.08. The van der Waals surface area contributed by atoms with Crippen molar-refractivity contribution >= 4 is 35.0 Å². The lowest BCUT2D eigenvalue weighted by Gasteiger charge is -2.10. The molecule has 1 N–H and O–H groups in total. The van der Waals surface area contributed by atoms with Crippen LogP contribution in [0.3, 0.4) is 0 Å². The van der Waals surface area contributed by atoms with Crippen molar-refractivity contribution in [3.63, 3.8) is 0 Å². The molecule has 1 fully saturated rings. The van der Waals surface area contributed by atoms with Crippen molar-refractivity contribution in [2.75, 3.05) is 0 Å². The molecule has 84 valence electrons. The van der Waals surface area contributed by atoms with Crippen LogP contribution >= 0.6 is 23.2 Å². The lowest BCUT2D eigenvalue weighted by Crippen LogP contribution is -2.22. The predicted octanol–water partition coefficient (Wildman–Crippen LogP) is 1.83. The molecule has 3 nitrogen and oxygen atoms in total. The van der Waals surface area contributed by atoms with Crippen LogP contribution in [0.4, 0.5) is 4.39 Å². The summed E-state index contributed by atoms with van der Waals surface area (Å²) in [6, 6.07) is 3.88. The van der Waals surface area contributed by atoms with Crippen LogP contribution in [-0.4, -0.2) is 17.2 Å². The van der Waals surface area contributed by atoms with Gasteiger partial charge in [0.2, 0.25) is 11.8 Å². The summed E-state index contributed by atoms with van der Waals surface area (Å²) in [6.45, 7) is 0. The van der Waals surface area contributed by atoms with E-state index in [9.17, 15) is 14.0 Å². The smallest absolute Gasteiger partial charge is 0.245 e. The van der Waals surface area contributed by atoms with E-state index in [1.807, 2.05) is 5.32 Å². The van der Waals surface area contributed by atoms with Crippen molar-refractivity contribution in [1.82, 2.24) is 5.32 Å². The number of benzene rings is 1. The lowest BCUT2D eigenvalue weighted by atomic mass is 9.97. The summed E-state index contributed by atoms with van der Waals surface area (Å²) in [7, 11) is 0. The second kappa shape index (κ2) is 4.03. The van der Waals surface area contributed by atoms with E-state index in [4.69, 9.17) is 23.2 Å². The van der Waals surface area contributed by atoms with Crippen molar-refractivity contribution in [2.45, 2.75) is 11.3 Å². The second-order valence-corrected chi connectivity index (χ2v) is 4.31. The summed E-state index contributed by atoms with van der Waals surface area (Å²) < 4.78 is 13.5. The van der Waals surface area contributed by atoms with E-state index in [0.717, 1.165) is 6.07 Å². The summed E-state index contributed by atoms with van der Waals surface area (Å²) in [5.74, 6) is -2.84. The number of amides is 2. The molecule has 6 heteroatoms. The Morgan fingerprint density at radius 2 is 1.94 bits per heavy atom. The molecule has 1 saturated heterocycles. The molecule has 2 unspecified atom stereocenters. The molecule has 2 amide bonds. The van der Waals surface area contributed by atoms with E-state index in [2.05, 4.69) is 0 Å². The van der Waals surface area contributed by atoms with E-state index in [1.165, 1.54) is 12.1 Å². The summed E-state index contributed by atoms with van der Waals surface area (Å²) >= 11 is 11.3. The molecule has 0 spiro atoms. The number of halogens is 3. The summed E-state index contributed by atoms with van der Waals surface area (Å²) in [5, 5.41) is 1.19. The van der Waals surface area contributed by atoms with Gasteiger partial charge in [-0.05, 0) is 12.1 Å². The molecule has 16 heavy (non-hydrogen) atoms. The van der Waals surface area contributed by atoms with Gasteiger partial charge in [-0.1, -0.05) is 17.7 Å². The maximum Gasteiger partial charge on any atom is 0.245 e. The van der Waals surface area contributed by atoms with Gasteiger partial charge in [-0.15, -0.1) is 11.6 Å². The first kappa shape index (κ1) is 11.4. The Hall–Kier alpha value is -1.13. The molecule has 1 aliphatic rings. The van der Waals surface area contributed by atoms with E-state index in [1.54, 1.807) is 0 Å². The molecule has 0 radical (unpaired) electrons. The van der Waals surface area contributed by atoms with Crippen LogP contribution < -0.4 is 5.32 Å². The van der Waals surface area contributed by atoms with Gasteiger partial charge in [0, 0.05) is 10.6 Å². The molecule has 0 saturated carbocycles. The molecule has 0 aromatic heterocycles. The predicted molar refractivity (Wildman–Crippen MR) is 56.9 cm³/mol. The number of nitrogens with one attached hydrogen (secondary N) is 1. The third-order valence-electron chi connectivity index (χ3n) is 2.37. The summed E-state index contributed by atoms with van der Waals surface area (Å²) in [6.07, 6.45) is 0. The molecule has 0 bridgehead atoms. The van der Waals surface area contributed by atoms with Crippen LogP contribution in [0.25, 0.3) is 0 Å². The standard InChI is InChI=1S/C10H6Cl2FNO2/c11-4-1-2-5(6(13)3-4)7-8(12)10(16)14-9(7)15/h1-3,7-8H,(H,14,15,16). The van der Waals surface area contributed by atoms with Crippen molar-refractivity contribution in [1.29, 1.82) is 0 Å². The van der Waals surface area contributed by atoms with Gasteiger partial charge < -0.3 is 0 Å². The Kier molecular flexibility index (Phi) is 2.86. The Balaban J connectivity index is 2.44. The molecule has 1 heterocycles. The number of carbonyl (C=O) groups excluding carboxylic acids is 2. The Bertz CT molecular complexity index is 478. The third kappa shape index (κ3) is 1.79. The highest BCUT2D eigenvalue weighted by Crippen LogP contribution is 2.31. The van der Waals surface area contributed by atoms with E-state index in [0.29, 0.717) is 0 Å². The number of hydrogen-bond acceptors (Lipinski definition) is 2. The molecule has 0 aliphatic carbocycles. The molecule has 2 atom stereocenters. The Morgan fingerprint density at radius 1 is 1.25 bits per heavy atom. The lowest BCUT2D eigenvalue weighted by molar-refractivity contribution is -0.125. The van der Waals surface area contributed by atoms with Gasteiger partial charge in [0.15, 0.2) is 0 Å². The highest BCUT2D eigenvalue weighted by Gasteiger charge is 2.42. The van der Waals surface area contributed by atoms with Crippen LogP contribution in [0, 0.1) is 5.82 Å². The summed E-state index contributed by atoms with van der Waals surface area (Å²) in [4.78, 5) is 22.6. The van der Waals surface area contributed by atoms with Gasteiger partial charge in [0.05, 0.1) is 5.92 Å². The molecular formula is C10H6Cl2FNO2. The zero-order valence-electron chi connectivity index (χ0n) is 7.84. The van der Waals surface area contributed by atoms with Gasteiger partial charge in [0.25, 0.3) is 0 Å². The first-order chi connectivity index (χ1) is 7.50. The fourth-order valence-electron chi connectivity index (χ4n) is 1.61. The van der Waals surface area contributed by atoms with Gasteiger partial charge in [-0.2, -0.15) is 0 Å². The van der Waals surface area contributed by atoms with Gasteiger partial charge in [-0.25, -0.2) is 4.39 Å². The number of alkyl halides is 1. The number of imide groups is 1. The zero-order chi connectivity index (χ0) is 11.9. The third-order valence-corrected chi connectivity index (χ3v) is 3.05. The highest BCUT2D eigenvalue weighted by atomic mass is 35.5. The molecule has 1 aromatic carbocycles. The summed E-state index contributed by atoms with van der Waals surface area (Å²) in [5.41, 5.74) is 0.0766. The first-order valence-electron chi connectivity index (χ1n) is 4.44. The molecule has 1 aromatic rings. The largest absolute Gasteiger partial charge is 0.295 e. The molecular weight excluding hydrogens is 256 g/mol. The van der Waals surface area contributed by atoms with Crippen LogP contribution in [0.15, 0.2) is 18.2 Å². The van der Waals surface area contributed by atoms with Crippen LogP contribution in [0.5, 0.6) is 0 Å². The van der Waals surface area contributed by atoms with Crippen LogP contribution in [0.1, 0.15) is 11.5 Å². The van der Waals surface area contributed by atoms with Crippen LogP contribution in [-0.2, 0) is 9.59 Å². The maximum absolute atomic E-state index is 13.5. The Morgan fingerprint density at radius 3 is 2.44 bits per heavy atom. The normalized spacial score (nSPS) is 24.7. The molecule has 2 rings (SSSR count). The number of carbonyl (C=O) groups is 2. The van der Waals surface area contributed by atoms with Crippen molar-refractivity contribution in [3.05, 3.63) is 34.6 Å². The topological polar surface area (TPSA) is 46.2 Å². The Labute approximate surface area is 101 Å². The average Bonchev–Trinajstić information content (AvgIpc) is 2.43. The first-order valence-corrected chi connectivity index (χ1v) is 5.26. The minimum absolute atomic E-state index is 0.0766. The average molecular weight is 262 g/mol. The monoisotopic (exact) mass is 261 g/mol. The van der Waals surface area contributed by atoms with Gasteiger partial charge >= 0.3 is 0 Å². The maximum atomic E-state index is 13.5. The van der Waals surface area contributed by atoms with E-state index < -0.39 is 28.9 Å². The number of hydrogen-bond donors (Lipinski definition) is 1. The molecule has 1 aliphatic heterocycles. The van der Waals surface area contributed by atoms with Crippen LogP contribution in [0.2, 0.25) is 5.02 Å². The quantitative estimate of drug-likeness (QED) is 0.620. The van der Waals surface area contributed by atoms with Crippen molar-refractivity contribution < 1.29 is 14.0 Å². The fourth-order valence-corrected chi connectivity index (χ4v) is 2.07. The minimum Gasteiger partial charge on any atom is -0.295 e. The zero-order valence-corrected chi connectivity index (χ0v) is 9.35. The highest BCUT2D eigenvalue weighted by molar-refractivity contribution is 6.37. The van der Waals surface area contributed by atoms with E-state index in [-0.39, 0.29) is 10.6 Å². The van der Waals surface area contributed by atoms with Crippen molar-refractivity contribution in [3.8, 4) is 0 Å². The number of rotatable bonds is 1. The second-order valence-electron chi connectivity index (χ2n) is 3.40. The van der Waals surface area contributed by atoms with Crippen molar-refractivity contribution in [2.24, 2.45) is 0 Å². The SMILES string of the molecule is O=C1NC(=O)C(c2ccc(Cl)cc2F)C1Cl. The van der Waals surface area contributed by atoms with E-state index >= 15 is 0 Å². The van der Waals surface area contributed by atoms with Gasteiger partial charge in [-0.3, -0.25) is 14.9 Å². The van der Waals surface area contributed by atoms with Gasteiger partial charge in [0.1, 0.15) is 11.2 Å².